The van der Waals surface area contributed by atoms with Crippen LogP contribution in [-0.4, -0.2) is 15.0 Å². The first kappa shape index (κ1) is 16.6. The van der Waals surface area contributed by atoms with Gasteiger partial charge < -0.3 is 10.6 Å². The maximum absolute atomic E-state index is 6.04. The molecule has 2 aromatic heterocycles. The molecule has 0 unspecified atom stereocenters. The van der Waals surface area contributed by atoms with Crippen molar-refractivity contribution in [2.75, 3.05) is 10.6 Å². The highest BCUT2D eigenvalue weighted by atomic mass is 35.5. The zero-order valence-electron chi connectivity index (χ0n) is 13.4. The van der Waals surface area contributed by atoms with E-state index in [-0.39, 0.29) is 0 Å². The van der Waals surface area contributed by atoms with Gasteiger partial charge >= 0.3 is 0 Å². The number of aromatic nitrogens is 3. The summed E-state index contributed by atoms with van der Waals surface area (Å²) in [5.41, 5.74) is 2.51. The average molecular weight is 382 g/mol. The highest BCUT2D eigenvalue weighted by Crippen LogP contribution is 2.27. The Morgan fingerprint density at radius 1 is 0.769 bits per heavy atom. The number of pyridine rings is 1. The molecule has 0 aliphatic carbocycles. The Labute approximate surface area is 160 Å². The molecule has 0 aliphatic rings. The van der Waals surface area contributed by atoms with Crippen molar-refractivity contribution in [1.29, 1.82) is 0 Å². The molecule has 0 fully saturated rings. The summed E-state index contributed by atoms with van der Waals surface area (Å²) in [5.74, 6) is 1.10. The molecule has 128 valence electrons. The highest BCUT2D eigenvalue weighted by molar-refractivity contribution is 6.42. The lowest BCUT2D eigenvalue weighted by Crippen LogP contribution is -2.01. The monoisotopic (exact) mass is 381 g/mol. The topological polar surface area (TPSA) is 62.7 Å². The van der Waals surface area contributed by atoms with Gasteiger partial charge in [0.25, 0.3) is 0 Å². The molecule has 4 rings (SSSR count). The molecular formula is C19H13Cl2N5. The van der Waals surface area contributed by atoms with Gasteiger partial charge in [0.05, 0.1) is 21.2 Å². The first-order valence-corrected chi connectivity index (χ1v) is 8.60. The molecule has 0 saturated heterocycles. The van der Waals surface area contributed by atoms with E-state index in [1.807, 2.05) is 36.4 Å². The second-order valence-corrected chi connectivity index (χ2v) is 6.34. The van der Waals surface area contributed by atoms with Crippen LogP contribution >= 0.6 is 23.2 Å². The summed E-state index contributed by atoms with van der Waals surface area (Å²) < 4.78 is 0. The molecule has 0 saturated carbocycles. The van der Waals surface area contributed by atoms with E-state index in [1.165, 1.54) is 0 Å². The number of hydrogen-bond donors (Lipinski definition) is 2. The van der Waals surface area contributed by atoms with Gasteiger partial charge in [-0.2, -0.15) is 4.98 Å². The van der Waals surface area contributed by atoms with Crippen LogP contribution in [-0.2, 0) is 0 Å². The number of hydrogen-bond acceptors (Lipinski definition) is 5. The molecule has 26 heavy (non-hydrogen) atoms. The Morgan fingerprint density at radius 2 is 1.65 bits per heavy atom. The maximum atomic E-state index is 6.04. The van der Waals surface area contributed by atoms with Gasteiger partial charge in [-0.25, -0.2) is 4.98 Å². The normalized spacial score (nSPS) is 10.7. The lowest BCUT2D eigenvalue weighted by Gasteiger charge is -2.10. The average Bonchev–Trinajstić information content (AvgIpc) is 2.65. The molecule has 0 bridgehead atoms. The third kappa shape index (κ3) is 3.54. The van der Waals surface area contributed by atoms with E-state index in [0.29, 0.717) is 21.8 Å². The lowest BCUT2D eigenvalue weighted by atomic mass is 10.2. The van der Waals surface area contributed by atoms with Crippen LogP contribution < -0.4 is 10.6 Å². The van der Waals surface area contributed by atoms with Crippen molar-refractivity contribution < 1.29 is 0 Å². The molecule has 2 aromatic carbocycles. The number of rotatable bonds is 4. The van der Waals surface area contributed by atoms with Crippen molar-refractivity contribution in [2.24, 2.45) is 0 Å². The van der Waals surface area contributed by atoms with Crippen LogP contribution in [0.5, 0.6) is 0 Å². The summed E-state index contributed by atoms with van der Waals surface area (Å²) in [6, 6.07) is 16.9. The molecular weight excluding hydrogens is 369 g/mol. The zero-order chi connectivity index (χ0) is 17.9. The van der Waals surface area contributed by atoms with Crippen molar-refractivity contribution in [3.63, 3.8) is 0 Å². The van der Waals surface area contributed by atoms with Crippen molar-refractivity contribution in [3.05, 3.63) is 77.0 Å². The van der Waals surface area contributed by atoms with Crippen LogP contribution in [0.15, 0.2) is 67.0 Å². The minimum Gasteiger partial charge on any atom is -0.338 e. The van der Waals surface area contributed by atoms with Crippen LogP contribution in [0.1, 0.15) is 0 Å². The van der Waals surface area contributed by atoms with Gasteiger partial charge in [-0.05, 0) is 36.4 Å². The third-order valence-corrected chi connectivity index (χ3v) is 4.47. The highest BCUT2D eigenvalue weighted by Gasteiger charge is 2.06. The summed E-state index contributed by atoms with van der Waals surface area (Å²) in [4.78, 5) is 13.2. The summed E-state index contributed by atoms with van der Waals surface area (Å²) in [6.07, 6.45) is 3.44. The van der Waals surface area contributed by atoms with Crippen LogP contribution in [0.3, 0.4) is 0 Å². The summed E-state index contributed by atoms with van der Waals surface area (Å²) in [7, 11) is 0. The zero-order valence-corrected chi connectivity index (χ0v) is 15.0. The molecule has 0 amide bonds. The van der Waals surface area contributed by atoms with E-state index in [1.54, 1.807) is 30.6 Å². The minimum atomic E-state index is 0.446. The van der Waals surface area contributed by atoms with Gasteiger partial charge in [-0.15, -0.1) is 0 Å². The molecule has 0 atom stereocenters. The molecule has 0 aliphatic heterocycles. The number of anilines is 4. The number of fused-ring (bicyclic) bond motifs is 1. The largest absolute Gasteiger partial charge is 0.338 e. The van der Waals surface area contributed by atoms with Gasteiger partial charge in [0.2, 0.25) is 5.95 Å². The van der Waals surface area contributed by atoms with Crippen LogP contribution in [0, 0.1) is 0 Å². The number of para-hydroxylation sites is 1. The molecule has 7 heteroatoms. The fourth-order valence-electron chi connectivity index (χ4n) is 2.53. The second kappa shape index (κ2) is 7.15. The van der Waals surface area contributed by atoms with Crippen LogP contribution in [0.2, 0.25) is 10.0 Å². The molecule has 2 heterocycles. The molecule has 4 aromatic rings. The van der Waals surface area contributed by atoms with Crippen LogP contribution in [0.25, 0.3) is 10.9 Å². The summed E-state index contributed by atoms with van der Waals surface area (Å²) >= 11 is 12.0. The fourth-order valence-corrected chi connectivity index (χ4v) is 2.83. The van der Waals surface area contributed by atoms with Crippen molar-refractivity contribution >= 4 is 57.2 Å². The fraction of sp³-hybridized carbons (Fsp3) is 0. The predicted molar refractivity (Wildman–Crippen MR) is 107 cm³/mol. The van der Waals surface area contributed by atoms with Gasteiger partial charge in [0.1, 0.15) is 5.82 Å². The smallest absolute Gasteiger partial charge is 0.229 e. The summed E-state index contributed by atoms with van der Waals surface area (Å²) in [6.45, 7) is 0. The van der Waals surface area contributed by atoms with E-state index >= 15 is 0 Å². The molecule has 0 radical (unpaired) electrons. The first-order chi connectivity index (χ1) is 12.7. The standard InChI is InChI=1S/C19H13Cl2N5/c20-14-7-6-13(11-15(14)21)24-19-23-10-8-17(26-19)25-16-5-1-3-12-4-2-9-22-18(12)16/h1-11H,(H2,23,24,25,26). The van der Waals surface area contributed by atoms with Gasteiger partial charge in [0, 0.05) is 23.5 Å². The van der Waals surface area contributed by atoms with Crippen molar-refractivity contribution in [2.45, 2.75) is 0 Å². The van der Waals surface area contributed by atoms with E-state index in [2.05, 4.69) is 25.6 Å². The number of nitrogens with zero attached hydrogens (tertiary/aromatic N) is 3. The van der Waals surface area contributed by atoms with Gasteiger partial charge in [-0.1, -0.05) is 41.4 Å². The Balaban J connectivity index is 1.60. The van der Waals surface area contributed by atoms with Crippen LogP contribution in [0.4, 0.5) is 23.1 Å². The maximum Gasteiger partial charge on any atom is 0.229 e. The lowest BCUT2D eigenvalue weighted by molar-refractivity contribution is 1.17. The predicted octanol–water partition coefficient (Wildman–Crippen LogP) is 5.82. The van der Waals surface area contributed by atoms with E-state index in [9.17, 15) is 0 Å². The van der Waals surface area contributed by atoms with Gasteiger partial charge in [-0.3, -0.25) is 4.98 Å². The molecule has 2 N–H and O–H groups in total. The van der Waals surface area contributed by atoms with E-state index < -0.39 is 0 Å². The number of benzene rings is 2. The Bertz CT molecular complexity index is 1080. The SMILES string of the molecule is Clc1ccc(Nc2nccc(Nc3cccc4cccnc34)n2)cc1Cl. The Kier molecular flexibility index (Phi) is 4.56. The number of nitrogens with one attached hydrogen (secondary N) is 2. The second-order valence-electron chi connectivity index (χ2n) is 5.53. The van der Waals surface area contributed by atoms with E-state index in [0.717, 1.165) is 22.3 Å². The van der Waals surface area contributed by atoms with Crippen molar-refractivity contribution in [3.8, 4) is 0 Å². The Hall–Kier alpha value is -2.89. The Morgan fingerprint density at radius 3 is 2.54 bits per heavy atom. The third-order valence-electron chi connectivity index (χ3n) is 3.73. The first-order valence-electron chi connectivity index (χ1n) is 7.85. The quantitative estimate of drug-likeness (QED) is 0.466. The van der Waals surface area contributed by atoms with Crippen molar-refractivity contribution in [1.82, 2.24) is 15.0 Å². The minimum absolute atomic E-state index is 0.446. The number of halogens is 2. The van der Waals surface area contributed by atoms with Gasteiger partial charge in [0.15, 0.2) is 0 Å². The summed E-state index contributed by atoms with van der Waals surface area (Å²) in [5, 5.41) is 8.43. The van der Waals surface area contributed by atoms with E-state index in [4.69, 9.17) is 23.2 Å². The molecule has 5 nitrogen and oxygen atoms in total. The molecule has 0 spiro atoms.